The second-order valence-electron chi connectivity index (χ2n) is 4.43. The zero-order valence-corrected chi connectivity index (χ0v) is 12.4. The average molecular weight is 338 g/mol. The lowest BCUT2D eigenvalue weighted by atomic mass is 10.1. The van der Waals surface area contributed by atoms with Crippen molar-refractivity contribution in [1.82, 2.24) is 4.90 Å². The van der Waals surface area contributed by atoms with Gasteiger partial charge in [0.2, 0.25) is 0 Å². The Morgan fingerprint density at radius 1 is 1.30 bits per heavy atom. The molecule has 3 nitrogen and oxygen atoms in total. The largest absolute Gasteiger partial charge is 0.508 e. The summed E-state index contributed by atoms with van der Waals surface area (Å²) < 4.78 is 14.1. The van der Waals surface area contributed by atoms with Gasteiger partial charge in [0, 0.05) is 13.6 Å². The van der Waals surface area contributed by atoms with Crippen LogP contribution >= 0.6 is 15.9 Å². The van der Waals surface area contributed by atoms with Crippen molar-refractivity contribution >= 4 is 21.8 Å². The van der Waals surface area contributed by atoms with Crippen molar-refractivity contribution in [2.24, 2.45) is 0 Å². The van der Waals surface area contributed by atoms with E-state index in [1.807, 2.05) is 0 Å². The third-order valence-corrected chi connectivity index (χ3v) is 3.47. The molecule has 0 bridgehead atoms. The number of amides is 1. The second kappa shape index (κ2) is 6.05. The summed E-state index contributed by atoms with van der Waals surface area (Å²) in [7, 11) is 1.59. The summed E-state index contributed by atoms with van der Waals surface area (Å²) in [6, 6.07) is 11.2. The first-order valence-electron chi connectivity index (χ1n) is 5.96. The van der Waals surface area contributed by atoms with Crippen LogP contribution in [0.2, 0.25) is 0 Å². The number of rotatable bonds is 3. The van der Waals surface area contributed by atoms with Crippen LogP contribution in [-0.2, 0) is 6.54 Å². The third-order valence-electron chi connectivity index (χ3n) is 2.86. The average Bonchev–Trinajstić information content (AvgIpc) is 2.41. The Balaban J connectivity index is 2.19. The van der Waals surface area contributed by atoms with Crippen LogP contribution in [0.1, 0.15) is 15.9 Å². The number of benzene rings is 2. The van der Waals surface area contributed by atoms with Crippen LogP contribution < -0.4 is 0 Å². The van der Waals surface area contributed by atoms with Crippen molar-refractivity contribution in [2.75, 3.05) is 7.05 Å². The fourth-order valence-corrected chi connectivity index (χ4v) is 2.24. The van der Waals surface area contributed by atoms with Crippen LogP contribution in [0.4, 0.5) is 4.39 Å². The number of hydrogen-bond donors (Lipinski definition) is 1. The fraction of sp³-hybridized carbons (Fsp3) is 0.133. The van der Waals surface area contributed by atoms with Gasteiger partial charge in [0.1, 0.15) is 11.6 Å². The van der Waals surface area contributed by atoms with Crippen LogP contribution in [0.15, 0.2) is 46.9 Å². The van der Waals surface area contributed by atoms with Gasteiger partial charge >= 0.3 is 0 Å². The molecule has 0 atom stereocenters. The van der Waals surface area contributed by atoms with Gasteiger partial charge in [-0.25, -0.2) is 4.39 Å². The highest BCUT2D eigenvalue weighted by atomic mass is 79.9. The zero-order chi connectivity index (χ0) is 14.7. The number of nitrogens with zero attached hydrogens (tertiary/aromatic N) is 1. The number of phenols is 1. The summed E-state index contributed by atoms with van der Waals surface area (Å²) in [6.45, 7) is 0.291. The number of carbonyl (C=O) groups is 1. The van der Waals surface area contributed by atoms with Crippen molar-refractivity contribution in [3.8, 4) is 5.75 Å². The first-order valence-corrected chi connectivity index (χ1v) is 6.75. The Labute approximate surface area is 124 Å². The first-order chi connectivity index (χ1) is 9.49. The van der Waals surface area contributed by atoms with Gasteiger partial charge in [-0.3, -0.25) is 4.79 Å². The van der Waals surface area contributed by atoms with Crippen molar-refractivity contribution in [1.29, 1.82) is 0 Å². The van der Waals surface area contributed by atoms with E-state index in [1.54, 1.807) is 43.4 Å². The van der Waals surface area contributed by atoms with E-state index in [-0.39, 0.29) is 15.8 Å². The van der Waals surface area contributed by atoms with Gasteiger partial charge in [-0.05, 0) is 45.8 Å². The molecule has 0 saturated heterocycles. The van der Waals surface area contributed by atoms with Crippen molar-refractivity contribution in [2.45, 2.75) is 6.54 Å². The predicted molar refractivity (Wildman–Crippen MR) is 78.0 cm³/mol. The van der Waals surface area contributed by atoms with Crippen molar-refractivity contribution in [3.63, 3.8) is 0 Å². The standard InChI is InChI=1S/C15H13BrFNO2/c1-18(9-10-4-2-5-11(19)8-10)15(20)12-6-3-7-13(16)14(12)17/h2-8,19H,9H2,1H3. The van der Waals surface area contributed by atoms with Gasteiger partial charge in [0.05, 0.1) is 10.0 Å². The molecule has 0 saturated carbocycles. The molecule has 0 radical (unpaired) electrons. The summed E-state index contributed by atoms with van der Waals surface area (Å²) in [5, 5.41) is 9.39. The minimum Gasteiger partial charge on any atom is -0.508 e. The van der Waals surface area contributed by atoms with E-state index in [2.05, 4.69) is 15.9 Å². The molecule has 0 spiro atoms. The number of aromatic hydroxyl groups is 1. The molecule has 2 aromatic carbocycles. The summed E-state index contributed by atoms with van der Waals surface area (Å²) in [5.74, 6) is -0.843. The molecule has 20 heavy (non-hydrogen) atoms. The summed E-state index contributed by atoms with van der Waals surface area (Å²) in [4.78, 5) is 13.6. The van der Waals surface area contributed by atoms with Crippen LogP contribution in [-0.4, -0.2) is 23.0 Å². The van der Waals surface area contributed by atoms with Gasteiger partial charge in [0.15, 0.2) is 0 Å². The van der Waals surface area contributed by atoms with E-state index in [4.69, 9.17) is 0 Å². The van der Waals surface area contributed by atoms with Crippen molar-refractivity contribution in [3.05, 3.63) is 63.9 Å². The smallest absolute Gasteiger partial charge is 0.256 e. The summed E-state index contributed by atoms with van der Waals surface area (Å²) in [5.41, 5.74) is 0.790. The highest BCUT2D eigenvalue weighted by Gasteiger charge is 2.17. The SMILES string of the molecule is CN(Cc1cccc(O)c1)C(=O)c1cccc(Br)c1F. The van der Waals surface area contributed by atoms with E-state index in [0.717, 1.165) is 5.56 Å². The molecule has 0 fully saturated rings. The van der Waals surface area contributed by atoms with Gasteiger partial charge in [-0.2, -0.15) is 0 Å². The van der Waals surface area contributed by atoms with Gasteiger partial charge < -0.3 is 10.0 Å². The number of phenolic OH excluding ortho intramolecular Hbond substituents is 1. The Morgan fingerprint density at radius 3 is 2.70 bits per heavy atom. The predicted octanol–water partition coefficient (Wildman–Crippen LogP) is 3.57. The molecule has 0 heterocycles. The zero-order valence-electron chi connectivity index (χ0n) is 10.8. The molecular formula is C15H13BrFNO2. The molecule has 2 rings (SSSR count). The number of halogens is 2. The molecule has 0 aliphatic rings. The van der Waals surface area contributed by atoms with E-state index >= 15 is 0 Å². The van der Waals surface area contributed by atoms with Gasteiger partial charge in [-0.1, -0.05) is 18.2 Å². The third kappa shape index (κ3) is 3.17. The van der Waals surface area contributed by atoms with Crippen molar-refractivity contribution < 1.29 is 14.3 Å². The molecule has 1 amide bonds. The number of carbonyl (C=O) groups excluding carboxylic acids is 1. The fourth-order valence-electron chi connectivity index (χ4n) is 1.88. The van der Waals surface area contributed by atoms with E-state index in [1.165, 1.54) is 11.0 Å². The lowest BCUT2D eigenvalue weighted by Crippen LogP contribution is -2.27. The molecule has 1 N–H and O–H groups in total. The van der Waals surface area contributed by atoms with E-state index in [0.29, 0.717) is 6.54 Å². The topological polar surface area (TPSA) is 40.5 Å². The van der Waals surface area contributed by atoms with Gasteiger partial charge in [0.25, 0.3) is 5.91 Å². The summed E-state index contributed by atoms with van der Waals surface area (Å²) in [6.07, 6.45) is 0. The van der Waals surface area contributed by atoms with Crippen LogP contribution in [0.5, 0.6) is 5.75 Å². The maximum absolute atomic E-state index is 13.9. The monoisotopic (exact) mass is 337 g/mol. The Bertz CT molecular complexity index is 646. The lowest BCUT2D eigenvalue weighted by molar-refractivity contribution is 0.0780. The minimum absolute atomic E-state index is 0.0158. The Kier molecular flexibility index (Phi) is 4.39. The van der Waals surface area contributed by atoms with Crippen LogP contribution in [0.3, 0.4) is 0 Å². The maximum atomic E-state index is 13.9. The quantitative estimate of drug-likeness (QED) is 0.930. The number of hydrogen-bond acceptors (Lipinski definition) is 2. The first kappa shape index (κ1) is 14.5. The Morgan fingerprint density at radius 2 is 2.00 bits per heavy atom. The molecule has 0 unspecified atom stereocenters. The molecular weight excluding hydrogens is 325 g/mol. The Hall–Kier alpha value is -1.88. The highest BCUT2D eigenvalue weighted by molar-refractivity contribution is 9.10. The molecule has 0 aromatic heterocycles. The lowest BCUT2D eigenvalue weighted by Gasteiger charge is -2.18. The molecule has 0 aliphatic heterocycles. The second-order valence-corrected chi connectivity index (χ2v) is 5.29. The maximum Gasteiger partial charge on any atom is 0.256 e. The summed E-state index contributed by atoms with van der Waals surface area (Å²) >= 11 is 3.06. The normalized spacial score (nSPS) is 10.3. The van der Waals surface area contributed by atoms with E-state index < -0.39 is 11.7 Å². The molecule has 0 aliphatic carbocycles. The highest BCUT2D eigenvalue weighted by Crippen LogP contribution is 2.20. The molecule has 5 heteroatoms. The molecule has 104 valence electrons. The van der Waals surface area contributed by atoms with E-state index in [9.17, 15) is 14.3 Å². The van der Waals surface area contributed by atoms with Gasteiger partial charge in [-0.15, -0.1) is 0 Å². The van der Waals surface area contributed by atoms with Crippen LogP contribution in [0, 0.1) is 5.82 Å². The van der Waals surface area contributed by atoms with Crippen LogP contribution in [0.25, 0.3) is 0 Å². The minimum atomic E-state index is -0.569. The molecule has 2 aromatic rings.